The Labute approximate surface area is 126 Å². The summed E-state index contributed by atoms with van der Waals surface area (Å²) < 4.78 is 7.95. The number of hydrogen-bond donors (Lipinski definition) is 1. The molecular weight excluding hydrogens is 262 g/mol. The van der Waals surface area contributed by atoms with Crippen LogP contribution >= 0.6 is 0 Å². The fourth-order valence-corrected chi connectivity index (χ4v) is 2.37. The molecule has 3 rings (SSSR count). The molecule has 1 heterocycles. The van der Waals surface area contributed by atoms with Crippen molar-refractivity contribution in [3.63, 3.8) is 0 Å². The third-order valence-corrected chi connectivity index (χ3v) is 3.81. The Hall–Kier alpha value is -1.81. The Kier molecular flexibility index (Phi) is 4.55. The van der Waals surface area contributed by atoms with Crippen LogP contribution in [0.2, 0.25) is 0 Å². The lowest BCUT2D eigenvalue weighted by molar-refractivity contribution is 0.296. The molecule has 0 atom stereocenters. The molecule has 1 aromatic carbocycles. The first-order valence-electron chi connectivity index (χ1n) is 7.80. The van der Waals surface area contributed by atoms with E-state index in [1.54, 1.807) is 0 Å². The number of nitrogens with zero attached hydrogens (tertiary/aromatic N) is 2. The van der Waals surface area contributed by atoms with E-state index in [9.17, 15) is 0 Å². The smallest absolute Gasteiger partial charge is 0.119 e. The second kappa shape index (κ2) is 6.76. The molecular formula is C17H23N3O. The molecule has 0 radical (unpaired) electrons. The molecule has 4 nitrogen and oxygen atoms in total. The van der Waals surface area contributed by atoms with Crippen LogP contribution in [0.5, 0.6) is 5.75 Å². The van der Waals surface area contributed by atoms with Gasteiger partial charge in [-0.15, -0.1) is 0 Å². The van der Waals surface area contributed by atoms with Crippen LogP contribution in [0.15, 0.2) is 36.7 Å². The maximum Gasteiger partial charge on any atom is 0.119 e. The van der Waals surface area contributed by atoms with E-state index in [1.807, 2.05) is 12.4 Å². The fourth-order valence-electron chi connectivity index (χ4n) is 2.37. The summed E-state index contributed by atoms with van der Waals surface area (Å²) in [6, 6.07) is 9.14. The third kappa shape index (κ3) is 4.08. The zero-order valence-corrected chi connectivity index (χ0v) is 12.6. The first-order chi connectivity index (χ1) is 10.3. The number of ether oxygens (including phenoxy) is 1. The number of aryl methyl sites for hydroxylation is 1. The predicted molar refractivity (Wildman–Crippen MR) is 83.4 cm³/mol. The van der Waals surface area contributed by atoms with Crippen molar-refractivity contribution in [2.45, 2.75) is 45.3 Å². The Balaban J connectivity index is 1.44. The summed E-state index contributed by atoms with van der Waals surface area (Å²) in [6.07, 6.45) is 7.47. The molecule has 1 aromatic heterocycles. The highest BCUT2D eigenvalue weighted by atomic mass is 16.5. The molecule has 1 fully saturated rings. The standard InChI is InChI=1S/C17H23N3O/c1-2-17-18-9-10-20(17)11-12-21-16-7-3-14(4-8-16)13-19-15-5-6-15/h3-4,7-10,15,19H,2,5-6,11-13H2,1H3. The van der Waals surface area contributed by atoms with E-state index >= 15 is 0 Å². The van der Waals surface area contributed by atoms with Gasteiger partial charge in [0.15, 0.2) is 0 Å². The van der Waals surface area contributed by atoms with Crippen LogP contribution in [0.25, 0.3) is 0 Å². The van der Waals surface area contributed by atoms with Crippen molar-refractivity contribution in [2.75, 3.05) is 6.61 Å². The normalized spacial score (nSPS) is 14.3. The average Bonchev–Trinajstić information content (AvgIpc) is 3.24. The van der Waals surface area contributed by atoms with Gasteiger partial charge in [-0.2, -0.15) is 0 Å². The third-order valence-electron chi connectivity index (χ3n) is 3.81. The van der Waals surface area contributed by atoms with Gasteiger partial charge in [-0.1, -0.05) is 19.1 Å². The molecule has 0 bridgehead atoms. The highest BCUT2D eigenvalue weighted by molar-refractivity contribution is 5.27. The second-order valence-corrected chi connectivity index (χ2v) is 5.54. The minimum atomic E-state index is 0.670. The summed E-state index contributed by atoms with van der Waals surface area (Å²) >= 11 is 0. The molecule has 2 aromatic rings. The molecule has 1 aliphatic rings. The fraction of sp³-hybridized carbons (Fsp3) is 0.471. The van der Waals surface area contributed by atoms with Crippen molar-refractivity contribution in [1.29, 1.82) is 0 Å². The van der Waals surface area contributed by atoms with E-state index in [1.165, 1.54) is 18.4 Å². The SMILES string of the molecule is CCc1nccn1CCOc1ccc(CNC2CC2)cc1. The van der Waals surface area contributed by atoms with Gasteiger partial charge in [0.1, 0.15) is 18.2 Å². The number of hydrogen-bond acceptors (Lipinski definition) is 3. The molecule has 21 heavy (non-hydrogen) atoms. The molecule has 0 saturated heterocycles. The van der Waals surface area contributed by atoms with Gasteiger partial charge in [0, 0.05) is 31.4 Å². The van der Waals surface area contributed by atoms with Crippen molar-refractivity contribution < 1.29 is 4.74 Å². The monoisotopic (exact) mass is 285 g/mol. The predicted octanol–water partition coefficient (Wildman–Crippen LogP) is 2.78. The van der Waals surface area contributed by atoms with Crippen molar-refractivity contribution in [2.24, 2.45) is 0 Å². The second-order valence-electron chi connectivity index (χ2n) is 5.54. The van der Waals surface area contributed by atoms with E-state index in [2.05, 4.69) is 46.1 Å². The Morgan fingerprint density at radius 3 is 2.81 bits per heavy atom. The van der Waals surface area contributed by atoms with Crippen molar-refractivity contribution in [1.82, 2.24) is 14.9 Å². The number of rotatable bonds is 8. The lowest BCUT2D eigenvalue weighted by Gasteiger charge is -2.09. The molecule has 0 unspecified atom stereocenters. The van der Waals surface area contributed by atoms with E-state index in [4.69, 9.17) is 4.74 Å². The van der Waals surface area contributed by atoms with Gasteiger partial charge in [0.25, 0.3) is 0 Å². The molecule has 112 valence electrons. The zero-order valence-electron chi connectivity index (χ0n) is 12.6. The van der Waals surface area contributed by atoms with Gasteiger partial charge >= 0.3 is 0 Å². The van der Waals surface area contributed by atoms with E-state index in [-0.39, 0.29) is 0 Å². The Bertz CT molecular complexity index is 558. The van der Waals surface area contributed by atoms with Crippen molar-refractivity contribution in [3.8, 4) is 5.75 Å². The van der Waals surface area contributed by atoms with E-state index in [0.717, 1.165) is 37.1 Å². The lowest BCUT2D eigenvalue weighted by atomic mass is 10.2. The highest BCUT2D eigenvalue weighted by Gasteiger charge is 2.19. The van der Waals surface area contributed by atoms with Gasteiger partial charge in [-0.05, 0) is 30.5 Å². The number of aromatic nitrogens is 2. The summed E-state index contributed by atoms with van der Waals surface area (Å²) in [5.41, 5.74) is 1.32. The van der Waals surface area contributed by atoms with Gasteiger partial charge in [0.2, 0.25) is 0 Å². The van der Waals surface area contributed by atoms with E-state index < -0.39 is 0 Å². The topological polar surface area (TPSA) is 39.1 Å². The van der Waals surface area contributed by atoms with Gasteiger partial charge in [-0.25, -0.2) is 4.98 Å². The highest BCUT2D eigenvalue weighted by Crippen LogP contribution is 2.20. The van der Waals surface area contributed by atoms with Crippen LogP contribution in [-0.4, -0.2) is 22.2 Å². The van der Waals surface area contributed by atoms with Crippen LogP contribution < -0.4 is 10.1 Å². The molecule has 1 N–H and O–H groups in total. The van der Waals surface area contributed by atoms with Crippen LogP contribution in [-0.2, 0) is 19.5 Å². The summed E-state index contributed by atoms with van der Waals surface area (Å²) in [7, 11) is 0. The minimum absolute atomic E-state index is 0.670. The maximum atomic E-state index is 5.80. The molecule has 1 saturated carbocycles. The Morgan fingerprint density at radius 1 is 1.29 bits per heavy atom. The molecule has 1 aliphatic carbocycles. The summed E-state index contributed by atoms with van der Waals surface area (Å²) in [5.74, 6) is 2.04. The number of imidazole rings is 1. The van der Waals surface area contributed by atoms with Crippen molar-refractivity contribution >= 4 is 0 Å². The van der Waals surface area contributed by atoms with Crippen LogP contribution in [0.4, 0.5) is 0 Å². The van der Waals surface area contributed by atoms with Gasteiger partial charge in [-0.3, -0.25) is 0 Å². The lowest BCUT2D eigenvalue weighted by Crippen LogP contribution is -2.15. The molecule has 0 amide bonds. The molecule has 4 heteroatoms. The average molecular weight is 285 g/mol. The largest absolute Gasteiger partial charge is 0.492 e. The number of benzene rings is 1. The summed E-state index contributed by atoms with van der Waals surface area (Å²) in [5, 5.41) is 3.52. The zero-order chi connectivity index (χ0) is 14.5. The molecule has 0 aliphatic heterocycles. The van der Waals surface area contributed by atoms with E-state index in [0.29, 0.717) is 6.61 Å². The van der Waals surface area contributed by atoms with Crippen LogP contribution in [0.3, 0.4) is 0 Å². The quantitative estimate of drug-likeness (QED) is 0.810. The van der Waals surface area contributed by atoms with Crippen LogP contribution in [0, 0.1) is 0 Å². The summed E-state index contributed by atoms with van der Waals surface area (Å²) in [4.78, 5) is 4.31. The van der Waals surface area contributed by atoms with Gasteiger partial charge < -0.3 is 14.6 Å². The minimum Gasteiger partial charge on any atom is -0.492 e. The van der Waals surface area contributed by atoms with Crippen molar-refractivity contribution in [3.05, 3.63) is 48.0 Å². The first kappa shape index (κ1) is 14.1. The number of nitrogens with one attached hydrogen (secondary N) is 1. The maximum absolute atomic E-state index is 5.80. The summed E-state index contributed by atoms with van der Waals surface area (Å²) in [6.45, 7) is 4.59. The Morgan fingerprint density at radius 2 is 2.10 bits per heavy atom. The van der Waals surface area contributed by atoms with Crippen LogP contribution in [0.1, 0.15) is 31.2 Å². The first-order valence-corrected chi connectivity index (χ1v) is 7.80. The molecule has 0 spiro atoms. The van der Waals surface area contributed by atoms with Gasteiger partial charge in [0.05, 0.1) is 6.54 Å².